The Balaban J connectivity index is 1.46. The molecule has 0 fully saturated rings. The second kappa shape index (κ2) is 17.4. The first-order valence-electron chi connectivity index (χ1n) is 21.1. The second-order valence-electron chi connectivity index (χ2n) is 16.2. The normalized spacial score (nSPS) is 11.8. The van der Waals surface area contributed by atoms with E-state index < -0.39 is 29.3 Å². The van der Waals surface area contributed by atoms with Crippen LogP contribution in [0.1, 0.15) is 22.3 Å². The van der Waals surface area contributed by atoms with Crippen LogP contribution in [-0.2, 0) is 12.4 Å². The van der Waals surface area contributed by atoms with Crippen LogP contribution in [0, 0.1) is 25.5 Å². The van der Waals surface area contributed by atoms with Gasteiger partial charge in [0.2, 0.25) is 0 Å². The minimum Gasteiger partial charge on any atom is -0.207 e. The van der Waals surface area contributed by atoms with E-state index in [1.165, 1.54) is 18.2 Å². The zero-order chi connectivity index (χ0) is 46.3. The Bertz CT molecular complexity index is 3220. The fourth-order valence-corrected chi connectivity index (χ4v) is 8.75. The van der Waals surface area contributed by atoms with E-state index in [0.29, 0.717) is 38.9 Å². The van der Waals surface area contributed by atoms with Gasteiger partial charge in [0.05, 0.1) is 11.1 Å². The van der Waals surface area contributed by atoms with Crippen molar-refractivity contribution in [3.63, 3.8) is 0 Å². The van der Waals surface area contributed by atoms with Crippen molar-refractivity contribution in [2.24, 2.45) is 0 Å². The van der Waals surface area contributed by atoms with Gasteiger partial charge >= 0.3 is 12.4 Å². The first-order valence-corrected chi connectivity index (χ1v) is 21.1. The molecule has 0 amide bonds. The Kier molecular flexibility index (Phi) is 11.5. The summed E-state index contributed by atoms with van der Waals surface area (Å²) in [5.41, 5.74) is 9.20. The molecular formula is C58H38F8. The van der Waals surface area contributed by atoms with Gasteiger partial charge in [-0.3, -0.25) is 0 Å². The van der Waals surface area contributed by atoms with Crippen LogP contribution in [0.2, 0.25) is 0 Å². The first kappa shape index (κ1) is 43.7. The molecule has 0 aliphatic carbocycles. The molecule has 0 radical (unpaired) electrons. The van der Waals surface area contributed by atoms with Crippen molar-refractivity contribution in [1.82, 2.24) is 0 Å². The van der Waals surface area contributed by atoms with E-state index in [2.05, 4.69) is 0 Å². The molecule has 9 aromatic rings. The molecule has 0 aliphatic rings. The predicted octanol–water partition coefficient (Wildman–Crippen LogP) is 18.0. The van der Waals surface area contributed by atoms with Gasteiger partial charge in [-0.2, -0.15) is 26.3 Å². The van der Waals surface area contributed by atoms with Crippen LogP contribution >= 0.6 is 0 Å². The summed E-state index contributed by atoms with van der Waals surface area (Å²) < 4.78 is 115. The summed E-state index contributed by atoms with van der Waals surface area (Å²) in [5, 5.41) is 0. The maximum absolute atomic E-state index is 14.8. The van der Waals surface area contributed by atoms with Gasteiger partial charge < -0.3 is 0 Å². The Labute approximate surface area is 377 Å². The summed E-state index contributed by atoms with van der Waals surface area (Å²) in [5.74, 6) is -1.71. The SMILES string of the molecule is Cc1cccc(-c2c(-c3ccc(-c4ccc(F)c(C)c4)cc3)c(-c3ccccc3)c(-c3ccccc3)c(-c3ccc(-c4ccc(F)c(C(F)(F)F)c4)cc3)c2-c2cccc(C(F)(F)F)c2)c1. The van der Waals surface area contributed by atoms with E-state index >= 15 is 0 Å². The van der Waals surface area contributed by atoms with Gasteiger partial charge in [-0.1, -0.05) is 163 Å². The lowest BCUT2D eigenvalue weighted by atomic mass is 9.74. The van der Waals surface area contributed by atoms with Crippen LogP contribution in [0.5, 0.6) is 0 Å². The van der Waals surface area contributed by atoms with E-state index in [1.807, 2.05) is 116 Å². The summed E-state index contributed by atoms with van der Waals surface area (Å²) >= 11 is 0. The van der Waals surface area contributed by atoms with Crippen LogP contribution in [-0.4, -0.2) is 0 Å². The molecule has 0 unspecified atom stereocenters. The highest BCUT2D eigenvalue weighted by atomic mass is 19.4. The van der Waals surface area contributed by atoms with Gasteiger partial charge in [0, 0.05) is 0 Å². The molecule has 9 rings (SSSR count). The Morgan fingerprint density at radius 2 is 0.667 bits per heavy atom. The van der Waals surface area contributed by atoms with Gasteiger partial charge in [-0.25, -0.2) is 8.78 Å². The standard InChI is InChI=1S/C58H38F8/c1-35-11-9-16-45(31-35)55-53(41-23-19-37(20-24-41)43-27-29-49(59)36(2)32-43)51(39-12-5-3-6-13-39)52(40-14-7-4-8-15-40)54(56(55)46-17-10-18-47(33-46)57(61,62)63)42-25-21-38(22-26-42)44-28-30-50(60)48(34-44)58(64,65)66/h3-34H,1-2H3. The maximum Gasteiger partial charge on any atom is 0.419 e. The molecule has 9 aromatic carbocycles. The topological polar surface area (TPSA) is 0 Å². The minimum atomic E-state index is -4.92. The van der Waals surface area contributed by atoms with Crippen LogP contribution in [0.4, 0.5) is 35.1 Å². The Morgan fingerprint density at radius 3 is 1.12 bits per heavy atom. The third kappa shape index (κ3) is 8.54. The van der Waals surface area contributed by atoms with Gasteiger partial charge in [0.25, 0.3) is 0 Å². The molecule has 0 aromatic heterocycles. The van der Waals surface area contributed by atoms with Crippen molar-refractivity contribution in [1.29, 1.82) is 0 Å². The third-order valence-corrected chi connectivity index (χ3v) is 11.9. The summed E-state index contributed by atoms with van der Waals surface area (Å²) in [6.07, 6.45) is -9.61. The largest absolute Gasteiger partial charge is 0.419 e. The van der Waals surface area contributed by atoms with Crippen molar-refractivity contribution in [3.05, 3.63) is 228 Å². The summed E-state index contributed by atoms with van der Waals surface area (Å²) in [7, 11) is 0. The van der Waals surface area contributed by atoms with Crippen molar-refractivity contribution in [2.45, 2.75) is 26.2 Å². The van der Waals surface area contributed by atoms with Crippen molar-refractivity contribution < 1.29 is 35.1 Å². The molecule has 326 valence electrons. The molecule has 0 saturated heterocycles. The van der Waals surface area contributed by atoms with Gasteiger partial charge in [0.1, 0.15) is 11.6 Å². The molecule has 0 bridgehead atoms. The molecule has 0 atom stereocenters. The van der Waals surface area contributed by atoms with Crippen molar-refractivity contribution >= 4 is 0 Å². The Morgan fingerprint density at radius 1 is 0.288 bits per heavy atom. The van der Waals surface area contributed by atoms with Crippen molar-refractivity contribution in [2.75, 3.05) is 0 Å². The molecule has 0 spiro atoms. The number of hydrogen-bond acceptors (Lipinski definition) is 0. The number of aryl methyl sites for hydroxylation is 2. The maximum atomic E-state index is 14.8. The number of benzene rings is 9. The second-order valence-corrected chi connectivity index (χ2v) is 16.2. The third-order valence-electron chi connectivity index (χ3n) is 11.9. The number of alkyl halides is 6. The van der Waals surface area contributed by atoms with Crippen LogP contribution in [0.15, 0.2) is 194 Å². The van der Waals surface area contributed by atoms with Crippen molar-refractivity contribution in [3.8, 4) is 89.0 Å². The number of rotatable bonds is 8. The number of halogens is 8. The molecule has 0 N–H and O–H groups in total. The zero-order valence-corrected chi connectivity index (χ0v) is 35.5. The minimum absolute atomic E-state index is 0.136. The highest BCUT2D eigenvalue weighted by molar-refractivity contribution is 6.15. The highest BCUT2D eigenvalue weighted by Crippen LogP contribution is 2.56. The number of hydrogen-bond donors (Lipinski definition) is 0. The predicted molar refractivity (Wildman–Crippen MR) is 249 cm³/mol. The summed E-state index contributed by atoms with van der Waals surface area (Å²) in [6, 6.07) is 54.8. The zero-order valence-electron chi connectivity index (χ0n) is 35.5. The highest BCUT2D eigenvalue weighted by Gasteiger charge is 2.35. The molecule has 66 heavy (non-hydrogen) atoms. The molecule has 0 saturated carbocycles. The van der Waals surface area contributed by atoms with Gasteiger partial charge in [0.15, 0.2) is 0 Å². The summed E-state index contributed by atoms with van der Waals surface area (Å²) in [6.45, 7) is 3.65. The smallest absolute Gasteiger partial charge is 0.207 e. The van der Waals surface area contributed by atoms with Gasteiger partial charge in [-0.15, -0.1) is 0 Å². The molecule has 0 heterocycles. The fourth-order valence-electron chi connectivity index (χ4n) is 8.75. The van der Waals surface area contributed by atoms with E-state index in [0.717, 1.165) is 74.3 Å². The van der Waals surface area contributed by atoms with Gasteiger partial charge in [-0.05, 0) is 145 Å². The van der Waals surface area contributed by atoms with Crippen LogP contribution in [0.25, 0.3) is 89.0 Å². The van der Waals surface area contributed by atoms with E-state index in [-0.39, 0.29) is 16.9 Å². The Hall–Kier alpha value is -7.58. The van der Waals surface area contributed by atoms with E-state index in [4.69, 9.17) is 0 Å². The van der Waals surface area contributed by atoms with Crippen LogP contribution < -0.4 is 0 Å². The average molecular weight is 887 g/mol. The monoisotopic (exact) mass is 886 g/mol. The van der Waals surface area contributed by atoms with E-state index in [9.17, 15) is 35.1 Å². The molecular weight excluding hydrogens is 849 g/mol. The quantitative estimate of drug-likeness (QED) is 0.133. The molecule has 0 aliphatic heterocycles. The summed E-state index contributed by atoms with van der Waals surface area (Å²) in [4.78, 5) is 0. The lowest BCUT2D eigenvalue weighted by Crippen LogP contribution is -2.08. The molecule has 8 heteroatoms. The van der Waals surface area contributed by atoms with E-state index in [1.54, 1.807) is 49.4 Å². The molecule has 0 nitrogen and oxygen atoms in total. The fraction of sp³-hybridized carbons (Fsp3) is 0.0690. The average Bonchev–Trinajstić information content (AvgIpc) is 3.32. The first-order chi connectivity index (χ1) is 31.7. The van der Waals surface area contributed by atoms with Crippen LogP contribution in [0.3, 0.4) is 0 Å². The lowest BCUT2D eigenvalue weighted by molar-refractivity contribution is -0.140. The lowest BCUT2D eigenvalue weighted by Gasteiger charge is -2.29.